The van der Waals surface area contributed by atoms with Crippen LogP contribution in [0.2, 0.25) is 5.02 Å². The van der Waals surface area contributed by atoms with Crippen molar-refractivity contribution in [1.82, 2.24) is 4.72 Å². The minimum atomic E-state index is -3.83. The van der Waals surface area contributed by atoms with E-state index < -0.39 is 16.0 Å². The van der Waals surface area contributed by atoms with Gasteiger partial charge in [-0.2, -0.15) is 0 Å². The fourth-order valence-corrected chi connectivity index (χ4v) is 4.54. The van der Waals surface area contributed by atoms with Crippen LogP contribution in [0.15, 0.2) is 23.1 Å². The van der Waals surface area contributed by atoms with Crippen LogP contribution in [0, 0.1) is 5.92 Å². The third-order valence-electron chi connectivity index (χ3n) is 3.92. The lowest BCUT2D eigenvalue weighted by Gasteiger charge is -2.20. The molecule has 0 amide bonds. The van der Waals surface area contributed by atoms with Gasteiger partial charge in [-0.15, -0.1) is 0 Å². The Kier molecular flexibility index (Phi) is 4.91. The minimum absolute atomic E-state index is 0.0196. The quantitative estimate of drug-likeness (QED) is 0.869. The van der Waals surface area contributed by atoms with Gasteiger partial charge in [-0.3, -0.25) is 0 Å². The molecule has 0 bridgehead atoms. The highest BCUT2D eigenvalue weighted by Crippen LogP contribution is 2.29. The monoisotopic (exact) mass is 331 g/mol. The highest BCUT2D eigenvalue weighted by atomic mass is 35.5. The summed E-state index contributed by atoms with van der Waals surface area (Å²) in [5.41, 5.74) is -0.103. The zero-order valence-corrected chi connectivity index (χ0v) is 13.2. The van der Waals surface area contributed by atoms with Crippen LogP contribution < -0.4 is 4.72 Å². The number of hydrogen-bond donors (Lipinski definition) is 2. The molecule has 1 unspecified atom stereocenters. The third-order valence-corrected chi connectivity index (χ3v) is 5.96. The summed E-state index contributed by atoms with van der Waals surface area (Å²) >= 11 is 5.92. The molecule has 0 saturated heterocycles. The van der Waals surface area contributed by atoms with Gasteiger partial charge >= 0.3 is 5.97 Å². The van der Waals surface area contributed by atoms with Crippen molar-refractivity contribution in [3.63, 3.8) is 0 Å². The summed E-state index contributed by atoms with van der Waals surface area (Å²) in [6, 6.07) is 3.47. The van der Waals surface area contributed by atoms with Crippen molar-refractivity contribution in [1.29, 1.82) is 0 Å². The summed E-state index contributed by atoms with van der Waals surface area (Å²) in [6.45, 7) is 1.84. The van der Waals surface area contributed by atoms with Gasteiger partial charge in [0, 0.05) is 6.04 Å². The Morgan fingerprint density at radius 1 is 1.38 bits per heavy atom. The maximum absolute atomic E-state index is 12.4. The van der Waals surface area contributed by atoms with Crippen LogP contribution in [0.3, 0.4) is 0 Å². The Balaban J connectivity index is 2.26. The van der Waals surface area contributed by atoms with Gasteiger partial charge in [0.05, 0.1) is 10.6 Å². The molecule has 0 spiro atoms. The van der Waals surface area contributed by atoms with E-state index in [-0.39, 0.29) is 21.5 Å². The lowest BCUT2D eigenvalue weighted by atomic mass is 10.0. The molecule has 1 aromatic carbocycles. The number of benzene rings is 1. The first-order valence-electron chi connectivity index (χ1n) is 6.86. The Labute approximate surface area is 129 Å². The summed E-state index contributed by atoms with van der Waals surface area (Å²) in [5.74, 6) is -0.867. The number of carbonyl (C=O) groups is 1. The first-order valence-corrected chi connectivity index (χ1v) is 8.72. The Bertz CT molecular complexity index is 638. The molecule has 7 heteroatoms. The molecule has 5 nitrogen and oxygen atoms in total. The lowest BCUT2D eigenvalue weighted by Crippen LogP contribution is -2.37. The van der Waals surface area contributed by atoms with E-state index in [2.05, 4.69) is 4.72 Å². The van der Waals surface area contributed by atoms with Crippen LogP contribution in [0.25, 0.3) is 0 Å². The molecule has 2 rings (SSSR count). The van der Waals surface area contributed by atoms with Crippen LogP contribution in [-0.4, -0.2) is 25.5 Å². The van der Waals surface area contributed by atoms with Gasteiger partial charge in [0.25, 0.3) is 0 Å². The summed E-state index contributed by atoms with van der Waals surface area (Å²) in [5, 5.41) is 8.98. The van der Waals surface area contributed by atoms with Gasteiger partial charge in [0.15, 0.2) is 0 Å². The van der Waals surface area contributed by atoms with Gasteiger partial charge in [0.2, 0.25) is 10.0 Å². The molecule has 1 aromatic rings. The summed E-state index contributed by atoms with van der Waals surface area (Å²) in [6.07, 6.45) is 4.25. The average Bonchev–Trinajstić information content (AvgIpc) is 2.92. The highest BCUT2D eigenvalue weighted by Gasteiger charge is 2.27. The molecule has 1 saturated carbocycles. The molecule has 1 atom stereocenters. The van der Waals surface area contributed by atoms with Gasteiger partial charge in [0.1, 0.15) is 4.90 Å². The molecule has 0 radical (unpaired) electrons. The topological polar surface area (TPSA) is 83.5 Å². The van der Waals surface area contributed by atoms with E-state index in [1.807, 2.05) is 6.92 Å². The largest absolute Gasteiger partial charge is 0.478 e. The smallest absolute Gasteiger partial charge is 0.335 e. The minimum Gasteiger partial charge on any atom is -0.478 e. The predicted octanol–water partition coefficient (Wildman–Crippen LogP) is 2.90. The molecule has 1 fully saturated rings. The van der Waals surface area contributed by atoms with Crippen molar-refractivity contribution in [2.24, 2.45) is 5.92 Å². The predicted molar refractivity (Wildman–Crippen MR) is 80.2 cm³/mol. The molecule has 0 aliphatic heterocycles. The summed E-state index contributed by atoms with van der Waals surface area (Å²) in [7, 11) is -3.83. The summed E-state index contributed by atoms with van der Waals surface area (Å²) in [4.78, 5) is 10.8. The van der Waals surface area contributed by atoms with Gasteiger partial charge in [-0.1, -0.05) is 24.4 Å². The Hall–Kier alpha value is -1.11. The van der Waals surface area contributed by atoms with E-state index in [0.29, 0.717) is 5.92 Å². The van der Waals surface area contributed by atoms with E-state index in [1.54, 1.807) is 0 Å². The standard InChI is InChI=1S/C14H18ClNO4S/c1-9(10-4-2-3-5-10)16-21(19,20)13-8-11(14(17)18)6-7-12(13)15/h6-10,16H,2-5H2,1H3,(H,17,18). The SMILES string of the molecule is CC(NS(=O)(=O)c1cc(C(=O)O)ccc1Cl)C1CCCC1. The van der Waals surface area contributed by atoms with Gasteiger partial charge < -0.3 is 5.11 Å². The van der Waals surface area contributed by atoms with Crippen molar-refractivity contribution in [3.8, 4) is 0 Å². The van der Waals surface area contributed by atoms with Gasteiger partial charge in [-0.05, 0) is 43.9 Å². The molecule has 116 valence electrons. The first-order chi connectivity index (χ1) is 9.81. The second kappa shape index (κ2) is 6.34. The van der Waals surface area contributed by atoms with Crippen LogP contribution in [-0.2, 0) is 10.0 Å². The van der Waals surface area contributed by atoms with Crippen LogP contribution in [0.1, 0.15) is 43.0 Å². The number of carboxylic acids is 1. The Morgan fingerprint density at radius 2 is 2.00 bits per heavy atom. The third kappa shape index (κ3) is 3.75. The average molecular weight is 332 g/mol. The summed E-state index contributed by atoms with van der Waals surface area (Å²) < 4.78 is 27.4. The molecular formula is C14H18ClNO4S. The number of hydrogen-bond acceptors (Lipinski definition) is 3. The number of carboxylic acid groups (broad SMARTS) is 1. The van der Waals surface area contributed by atoms with E-state index >= 15 is 0 Å². The van der Waals surface area contributed by atoms with Crippen molar-refractivity contribution < 1.29 is 18.3 Å². The molecule has 1 aliphatic rings. The Morgan fingerprint density at radius 3 is 2.57 bits per heavy atom. The molecule has 2 N–H and O–H groups in total. The van der Waals surface area contributed by atoms with E-state index in [0.717, 1.165) is 31.7 Å². The number of aromatic carboxylic acids is 1. The van der Waals surface area contributed by atoms with Crippen LogP contribution >= 0.6 is 11.6 Å². The van der Waals surface area contributed by atoms with Crippen molar-refractivity contribution in [2.45, 2.75) is 43.5 Å². The fraction of sp³-hybridized carbons (Fsp3) is 0.500. The number of rotatable bonds is 5. The fourth-order valence-electron chi connectivity index (χ4n) is 2.70. The molecule has 1 aliphatic carbocycles. The molecule has 0 heterocycles. The van der Waals surface area contributed by atoms with E-state index in [4.69, 9.17) is 16.7 Å². The molecule has 0 aromatic heterocycles. The normalized spacial score (nSPS) is 17.8. The second-order valence-corrected chi connectivity index (χ2v) is 7.49. The number of halogens is 1. The van der Waals surface area contributed by atoms with Crippen LogP contribution in [0.4, 0.5) is 0 Å². The number of nitrogens with one attached hydrogen (secondary N) is 1. The van der Waals surface area contributed by atoms with E-state index in [1.165, 1.54) is 12.1 Å². The number of sulfonamides is 1. The second-order valence-electron chi connectivity index (χ2n) is 5.40. The van der Waals surface area contributed by atoms with Crippen molar-refractivity contribution in [3.05, 3.63) is 28.8 Å². The van der Waals surface area contributed by atoms with Crippen molar-refractivity contribution >= 4 is 27.6 Å². The molecule has 21 heavy (non-hydrogen) atoms. The van der Waals surface area contributed by atoms with E-state index in [9.17, 15) is 13.2 Å². The molecular weight excluding hydrogens is 314 g/mol. The highest BCUT2D eigenvalue weighted by molar-refractivity contribution is 7.89. The maximum atomic E-state index is 12.4. The van der Waals surface area contributed by atoms with Gasteiger partial charge in [-0.25, -0.2) is 17.9 Å². The van der Waals surface area contributed by atoms with Crippen LogP contribution in [0.5, 0.6) is 0 Å². The first kappa shape index (κ1) is 16.3. The maximum Gasteiger partial charge on any atom is 0.335 e. The zero-order valence-electron chi connectivity index (χ0n) is 11.7. The zero-order chi connectivity index (χ0) is 15.6. The van der Waals surface area contributed by atoms with Crippen molar-refractivity contribution in [2.75, 3.05) is 0 Å². The lowest BCUT2D eigenvalue weighted by molar-refractivity contribution is 0.0696.